The van der Waals surface area contributed by atoms with E-state index in [0.717, 1.165) is 40.6 Å². The third kappa shape index (κ3) is 3.16. The topological polar surface area (TPSA) is 53.4 Å². The fraction of sp³-hybridized carbons (Fsp3) is 0.500. The average Bonchev–Trinajstić information content (AvgIpc) is 2.59. The molecule has 1 saturated heterocycles. The predicted molar refractivity (Wildman–Crippen MR) is 95.9 cm³/mol. The molecule has 4 heteroatoms. The Bertz CT molecular complexity index is 757. The number of aliphatic hydroxyl groups excluding tert-OH is 1. The number of para-hydroxylation sites is 1. The van der Waals surface area contributed by atoms with E-state index in [1.165, 1.54) is 0 Å². The number of nitrogens with zero attached hydrogens (tertiary/aromatic N) is 2. The first-order chi connectivity index (χ1) is 11.5. The normalized spacial score (nSPS) is 21.2. The van der Waals surface area contributed by atoms with E-state index in [1.54, 1.807) is 0 Å². The number of fused-ring (bicyclic) bond motifs is 1. The molecule has 1 aliphatic heterocycles. The van der Waals surface area contributed by atoms with Crippen LogP contribution in [0.1, 0.15) is 36.6 Å². The molecule has 1 amide bonds. The second-order valence-corrected chi connectivity index (χ2v) is 7.02. The molecule has 2 heterocycles. The number of hydrogen-bond acceptors (Lipinski definition) is 3. The van der Waals surface area contributed by atoms with Crippen molar-refractivity contribution in [2.24, 2.45) is 5.92 Å². The van der Waals surface area contributed by atoms with Gasteiger partial charge in [0.1, 0.15) is 0 Å². The number of carbonyl (C=O) groups excluding carboxylic acids is 1. The van der Waals surface area contributed by atoms with Crippen molar-refractivity contribution in [2.45, 2.75) is 46.1 Å². The Kier molecular flexibility index (Phi) is 4.86. The highest BCUT2D eigenvalue weighted by atomic mass is 16.3. The van der Waals surface area contributed by atoms with Gasteiger partial charge < -0.3 is 10.0 Å². The van der Waals surface area contributed by atoms with Crippen LogP contribution in [0.3, 0.4) is 0 Å². The van der Waals surface area contributed by atoms with Gasteiger partial charge in [0.25, 0.3) is 0 Å². The highest BCUT2D eigenvalue weighted by molar-refractivity contribution is 5.86. The molecule has 1 aromatic carbocycles. The maximum absolute atomic E-state index is 12.9. The number of hydrogen-bond donors (Lipinski definition) is 1. The second kappa shape index (κ2) is 6.89. The van der Waals surface area contributed by atoms with E-state index in [1.807, 2.05) is 30.0 Å². The van der Waals surface area contributed by atoms with Gasteiger partial charge >= 0.3 is 0 Å². The standard InChI is InChI=1S/C20H26N2O2/c1-13-8-9-16(12-23)11-22(13)20(24)10-18-14(2)17-6-4-5-7-19(17)21-15(18)3/h4-7,13,16,23H,8-12H2,1-3H3. The molecule has 4 nitrogen and oxygen atoms in total. The number of likely N-dealkylation sites (tertiary alicyclic amines) is 1. The summed E-state index contributed by atoms with van der Waals surface area (Å²) in [7, 11) is 0. The first-order valence-electron chi connectivity index (χ1n) is 8.76. The molecular formula is C20H26N2O2. The van der Waals surface area contributed by atoms with Crippen molar-refractivity contribution in [1.82, 2.24) is 9.88 Å². The maximum atomic E-state index is 12.9. The third-order valence-corrected chi connectivity index (χ3v) is 5.37. The van der Waals surface area contributed by atoms with E-state index in [-0.39, 0.29) is 24.5 Å². The van der Waals surface area contributed by atoms with Gasteiger partial charge in [0.2, 0.25) is 5.91 Å². The summed E-state index contributed by atoms with van der Waals surface area (Å²) in [6.07, 6.45) is 2.35. The minimum Gasteiger partial charge on any atom is -0.396 e. The molecular weight excluding hydrogens is 300 g/mol. The molecule has 0 aliphatic carbocycles. The summed E-state index contributed by atoms with van der Waals surface area (Å²) >= 11 is 0. The summed E-state index contributed by atoms with van der Waals surface area (Å²) in [6.45, 7) is 6.99. The Hall–Kier alpha value is -1.94. The number of carbonyl (C=O) groups is 1. The lowest BCUT2D eigenvalue weighted by Gasteiger charge is -2.37. The van der Waals surface area contributed by atoms with Crippen LogP contribution in [0.15, 0.2) is 24.3 Å². The van der Waals surface area contributed by atoms with E-state index in [4.69, 9.17) is 0 Å². The second-order valence-electron chi connectivity index (χ2n) is 7.02. The van der Waals surface area contributed by atoms with Gasteiger partial charge in [0.15, 0.2) is 0 Å². The summed E-state index contributed by atoms with van der Waals surface area (Å²) < 4.78 is 0. The molecule has 1 N–H and O–H groups in total. The Morgan fingerprint density at radius 3 is 2.79 bits per heavy atom. The summed E-state index contributed by atoms with van der Waals surface area (Å²) in [5.74, 6) is 0.353. The Morgan fingerprint density at radius 2 is 2.04 bits per heavy atom. The number of aromatic nitrogens is 1. The van der Waals surface area contributed by atoms with Gasteiger partial charge in [-0.2, -0.15) is 0 Å². The van der Waals surface area contributed by atoms with Gasteiger partial charge in [-0.1, -0.05) is 18.2 Å². The zero-order valence-electron chi connectivity index (χ0n) is 14.7. The Morgan fingerprint density at radius 1 is 1.29 bits per heavy atom. The molecule has 2 aromatic rings. The molecule has 1 fully saturated rings. The van der Waals surface area contributed by atoms with Crippen LogP contribution < -0.4 is 0 Å². The number of rotatable bonds is 3. The molecule has 0 bridgehead atoms. The fourth-order valence-electron chi connectivity index (χ4n) is 3.76. The number of piperidine rings is 1. The Balaban J connectivity index is 1.87. The van der Waals surface area contributed by atoms with Crippen molar-refractivity contribution in [3.8, 4) is 0 Å². The van der Waals surface area contributed by atoms with E-state index >= 15 is 0 Å². The van der Waals surface area contributed by atoms with Crippen molar-refractivity contribution in [1.29, 1.82) is 0 Å². The molecule has 3 rings (SSSR count). The van der Waals surface area contributed by atoms with Crippen LogP contribution in [-0.4, -0.2) is 40.1 Å². The summed E-state index contributed by atoms with van der Waals surface area (Å²) in [5, 5.41) is 10.5. The molecule has 2 unspecified atom stereocenters. The van der Waals surface area contributed by atoms with Gasteiger partial charge in [0.05, 0.1) is 11.9 Å². The van der Waals surface area contributed by atoms with Crippen molar-refractivity contribution in [2.75, 3.05) is 13.2 Å². The van der Waals surface area contributed by atoms with Crippen LogP contribution in [0.4, 0.5) is 0 Å². The van der Waals surface area contributed by atoms with Crippen LogP contribution >= 0.6 is 0 Å². The van der Waals surface area contributed by atoms with Crippen molar-refractivity contribution < 1.29 is 9.90 Å². The summed E-state index contributed by atoms with van der Waals surface area (Å²) in [4.78, 5) is 19.5. The lowest BCUT2D eigenvalue weighted by molar-refractivity contribution is -0.135. The largest absolute Gasteiger partial charge is 0.396 e. The first kappa shape index (κ1) is 16.9. The molecule has 0 radical (unpaired) electrons. The van der Waals surface area contributed by atoms with E-state index in [2.05, 4.69) is 24.9 Å². The third-order valence-electron chi connectivity index (χ3n) is 5.37. The highest BCUT2D eigenvalue weighted by Crippen LogP contribution is 2.26. The number of pyridine rings is 1. The van der Waals surface area contributed by atoms with Crippen LogP contribution in [-0.2, 0) is 11.2 Å². The Labute approximate surface area is 143 Å². The van der Waals surface area contributed by atoms with E-state index in [9.17, 15) is 9.90 Å². The molecule has 128 valence electrons. The van der Waals surface area contributed by atoms with Gasteiger partial charge in [0, 0.05) is 30.3 Å². The van der Waals surface area contributed by atoms with Crippen LogP contribution in [0.5, 0.6) is 0 Å². The zero-order chi connectivity index (χ0) is 17.3. The molecule has 1 aliphatic rings. The van der Waals surface area contributed by atoms with Gasteiger partial charge in [-0.3, -0.25) is 9.78 Å². The number of amides is 1. The lowest BCUT2D eigenvalue weighted by atomic mass is 9.92. The lowest BCUT2D eigenvalue weighted by Crippen LogP contribution is -2.47. The molecule has 2 atom stereocenters. The van der Waals surface area contributed by atoms with Crippen molar-refractivity contribution >= 4 is 16.8 Å². The van der Waals surface area contributed by atoms with E-state index in [0.29, 0.717) is 13.0 Å². The minimum atomic E-state index is 0.143. The molecule has 0 spiro atoms. The van der Waals surface area contributed by atoms with Crippen molar-refractivity contribution in [3.63, 3.8) is 0 Å². The van der Waals surface area contributed by atoms with Gasteiger partial charge in [-0.15, -0.1) is 0 Å². The monoisotopic (exact) mass is 326 g/mol. The number of aryl methyl sites for hydroxylation is 2. The summed E-state index contributed by atoms with van der Waals surface area (Å²) in [6, 6.07) is 8.32. The first-order valence-corrected chi connectivity index (χ1v) is 8.76. The maximum Gasteiger partial charge on any atom is 0.227 e. The van der Waals surface area contributed by atoms with Crippen molar-refractivity contribution in [3.05, 3.63) is 41.1 Å². The molecule has 24 heavy (non-hydrogen) atoms. The SMILES string of the molecule is Cc1nc2ccccc2c(C)c1CC(=O)N1CC(CO)CCC1C. The number of benzene rings is 1. The molecule has 0 saturated carbocycles. The average molecular weight is 326 g/mol. The van der Waals surface area contributed by atoms with Gasteiger partial charge in [-0.05, 0) is 56.7 Å². The van der Waals surface area contributed by atoms with E-state index < -0.39 is 0 Å². The highest BCUT2D eigenvalue weighted by Gasteiger charge is 2.29. The van der Waals surface area contributed by atoms with Gasteiger partial charge in [-0.25, -0.2) is 0 Å². The zero-order valence-corrected chi connectivity index (χ0v) is 14.7. The number of aliphatic hydroxyl groups is 1. The van der Waals surface area contributed by atoms with Crippen LogP contribution in [0, 0.1) is 19.8 Å². The smallest absolute Gasteiger partial charge is 0.227 e. The predicted octanol–water partition coefficient (Wildman–Crippen LogP) is 3.01. The quantitative estimate of drug-likeness (QED) is 0.943. The van der Waals surface area contributed by atoms with Crippen LogP contribution in [0.25, 0.3) is 10.9 Å². The van der Waals surface area contributed by atoms with Crippen LogP contribution in [0.2, 0.25) is 0 Å². The fourth-order valence-corrected chi connectivity index (χ4v) is 3.76. The molecule has 1 aromatic heterocycles. The summed E-state index contributed by atoms with van der Waals surface area (Å²) in [5.41, 5.74) is 4.10. The minimum absolute atomic E-state index is 0.143.